The molecule has 0 saturated carbocycles. The van der Waals surface area contributed by atoms with Gasteiger partial charge in [0.2, 0.25) is 5.88 Å². The highest BCUT2D eigenvalue weighted by Gasteiger charge is 2.29. The van der Waals surface area contributed by atoms with E-state index >= 15 is 0 Å². The number of pyridine rings is 1. The van der Waals surface area contributed by atoms with Gasteiger partial charge in [0.15, 0.2) is 6.61 Å². The smallest absolute Gasteiger partial charge is 0.422 e. The van der Waals surface area contributed by atoms with Crippen LogP contribution in [0.5, 0.6) is 5.88 Å². The van der Waals surface area contributed by atoms with E-state index in [1.165, 1.54) is 6.20 Å². The van der Waals surface area contributed by atoms with Crippen LogP contribution in [-0.4, -0.2) is 24.8 Å². The van der Waals surface area contributed by atoms with Crippen LogP contribution in [0.4, 0.5) is 18.9 Å². The summed E-state index contributed by atoms with van der Waals surface area (Å²) in [6.45, 7) is 0.517. The summed E-state index contributed by atoms with van der Waals surface area (Å²) in [5.41, 5.74) is 1.40. The molecule has 0 fully saturated rings. The van der Waals surface area contributed by atoms with Crippen LogP contribution < -0.4 is 10.1 Å². The van der Waals surface area contributed by atoms with E-state index in [9.17, 15) is 13.2 Å². The van der Waals surface area contributed by atoms with Gasteiger partial charge in [-0.2, -0.15) is 13.2 Å². The Balaban J connectivity index is 2.79. The van der Waals surface area contributed by atoms with Gasteiger partial charge in [-0.1, -0.05) is 6.92 Å². The maximum Gasteiger partial charge on any atom is 0.422 e. The fourth-order valence-corrected chi connectivity index (χ4v) is 1.17. The maximum atomic E-state index is 12.0. The average molecular weight is 234 g/mol. The highest BCUT2D eigenvalue weighted by Crippen LogP contribution is 2.22. The van der Waals surface area contributed by atoms with Gasteiger partial charge < -0.3 is 10.1 Å². The molecule has 6 heteroatoms. The van der Waals surface area contributed by atoms with Gasteiger partial charge in [-0.05, 0) is 12.5 Å². The maximum absolute atomic E-state index is 12.0. The Morgan fingerprint density at radius 3 is 2.62 bits per heavy atom. The zero-order chi connectivity index (χ0) is 12.2. The molecule has 3 nitrogen and oxygen atoms in total. The number of aryl methyl sites for hydroxylation is 1. The van der Waals surface area contributed by atoms with Crippen LogP contribution in [0.25, 0.3) is 0 Å². The summed E-state index contributed by atoms with van der Waals surface area (Å²) >= 11 is 0. The number of ether oxygens (including phenoxy) is 1. The van der Waals surface area contributed by atoms with Gasteiger partial charge in [0.05, 0.1) is 11.9 Å². The minimum absolute atomic E-state index is 0.0406. The van der Waals surface area contributed by atoms with E-state index in [1.54, 1.807) is 13.1 Å². The minimum atomic E-state index is -4.34. The number of nitrogens with one attached hydrogen (secondary N) is 1. The number of hydrogen-bond acceptors (Lipinski definition) is 3. The molecular formula is C10H13F3N2O. The summed E-state index contributed by atoms with van der Waals surface area (Å²) in [5.74, 6) is 0.0406. The van der Waals surface area contributed by atoms with E-state index in [1.807, 2.05) is 6.92 Å². The van der Waals surface area contributed by atoms with Crippen LogP contribution in [-0.2, 0) is 6.42 Å². The van der Waals surface area contributed by atoms with Crippen LogP contribution in [0, 0.1) is 0 Å². The fourth-order valence-electron chi connectivity index (χ4n) is 1.17. The highest BCUT2D eigenvalue weighted by atomic mass is 19.4. The van der Waals surface area contributed by atoms with Crippen molar-refractivity contribution in [3.05, 3.63) is 17.8 Å². The molecule has 1 aromatic heterocycles. The first-order chi connectivity index (χ1) is 7.46. The Kier molecular flexibility index (Phi) is 3.98. The number of alkyl halides is 3. The molecule has 0 amide bonds. The highest BCUT2D eigenvalue weighted by molar-refractivity contribution is 5.46. The zero-order valence-corrected chi connectivity index (χ0v) is 9.06. The van der Waals surface area contributed by atoms with Crippen LogP contribution in [0.3, 0.4) is 0 Å². The number of nitrogens with zero attached hydrogens (tertiary/aromatic N) is 1. The molecule has 0 aliphatic carbocycles. The van der Waals surface area contributed by atoms with E-state index < -0.39 is 12.8 Å². The molecule has 1 rings (SSSR count). The van der Waals surface area contributed by atoms with Crippen LogP contribution in [0.1, 0.15) is 12.5 Å². The van der Waals surface area contributed by atoms with Gasteiger partial charge in [-0.3, -0.25) is 0 Å². The van der Waals surface area contributed by atoms with E-state index in [0.717, 1.165) is 5.69 Å². The molecule has 16 heavy (non-hydrogen) atoms. The summed E-state index contributed by atoms with van der Waals surface area (Å²) < 4.78 is 40.5. The second-order valence-corrected chi connectivity index (χ2v) is 3.20. The lowest BCUT2D eigenvalue weighted by Gasteiger charge is -2.12. The third kappa shape index (κ3) is 3.60. The molecule has 0 aliphatic heterocycles. The molecule has 0 aromatic carbocycles. The quantitative estimate of drug-likeness (QED) is 0.869. The van der Waals surface area contributed by atoms with Crippen molar-refractivity contribution in [2.75, 3.05) is 19.0 Å². The molecule has 1 heterocycles. The Hall–Kier alpha value is -1.46. The minimum Gasteiger partial charge on any atom is -0.468 e. The molecule has 0 saturated heterocycles. The van der Waals surface area contributed by atoms with Crippen molar-refractivity contribution < 1.29 is 17.9 Å². The Morgan fingerprint density at radius 2 is 2.12 bits per heavy atom. The van der Waals surface area contributed by atoms with Gasteiger partial charge in [0.1, 0.15) is 0 Å². The third-order valence-electron chi connectivity index (χ3n) is 1.97. The molecule has 0 radical (unpaired) electrons. The first-order valence-electron chi connectivity index (χ1n) is 4.82. The average Bonchev–Trinajstić information content (AvgIpc) is 2.25. The van der Waals surface area contributed by atoms with Crippen molar-refractivity contribution in [3.63, 3.8) is 0 Å². The molecule has 1 N–H and O–H groups in total. The molecule has 0 unspecified atom stereocenters. The molecule has 0 bridgehead atoms. The molecule has 0 aliphatic rings. The van der Waals surface area contributed by atoms with E-state index in [4.69, 9.17) is 0 Å². The van der Waals surface area contributed by atoms with Crippen molar-refractivity contribution in [2.45, 2.75) is 19.5 Å². The van der Waals surface area contributed by atoms with Gasteiger partial charge in [-0.15, -0.1) is 0 Å². The fraction of sp³-hybridized carbons (Fsp3) is 0.500. The van der Waals surface area contributed by atoms with Gasteiger partial charge >= 0.3 is 6.18 Å². The Bertz CT molecular complexity index is 352. The molecular weight excluding hydrogens is 221 g/mol. The topological polar surface area (TPSA) is 34.2 Å². The lowest BCUT2D eigenvalue weighted by Crippen LogP contribution is -2.20. The van der Waals surface area contributed by atoms with Crippen LogP contribution >= 0.6 is 0 Å². The van der Waals surface area contributed by atoms with E-state index in [2.05, 4.69) is 15.0 Å². The Labute approximate surface area is 91.6 Å². The van der Waals surface area contributed by atoms with Crippen LogP contribution in [0.15, 0.2) is 12.3 Å². The van der Waals surface area contributed by atoms with Gasteiger partial charge in [0, 0.05) is 12.6 Å². The number of halogens is 3. The molecule has 1 aromatic rings. The third-order valence-corrected chi connectivity index (χ3v) is 1.97. The number of rotatable bonds is 4. The second-order valence-electron chi connectivity index (χ2n) is 3.20. The summed E-state index contributed by atoms with van der Waals surface area (Å²) in [5, 5.41) is 2.86. The number of aromatic nitrogens is 1. The van der Waals surface area contributed by atoms with E-state index in [-0.39, 0.29) is 5.88 Å². The Morgan fingerprint density at radius 1 is 1.44 bits per heavy atom. The molecule has 0 atom stereocenters. The summed E-state index contributed by atoms with van der Waals surface area (Å²) in [4.78, 5) is 3.84. The predicted octanol–water partition coefficient (Wildman–Crippen LogP) is 2.63. The zero-order valence-electron chi connectivity index (χ0n) is 9.06. The van der Waals surface area contributed by atoms with Crippen molar-refractivity contribution in [2.24, 2.45) is 0 Å². The van der Waals surface area contributed by atoms with Crippen molar-refractivity contribution in [3.8, 4) is 5.88 Å². The van der Waals surface area contributed by atoms with Gasteiger partial charge in [0.25, 0.3) is 0 Å². The lowest BCUT2D eigenvalue weighted by atomic mass is 10.2. The first-order valence-corrected chi connectivity index (χ1v) is 4.82. The number of anilines is 1. The van der Waals surface area contributed by atoms with Crippen molar-refractivity contribution in [1.82, 2.24) is 4.98 Å². The standard InChI is InChI=1S/C10H13F3N2O/c1-3-7-4-8(14-2)5-15-9(7)16-6-10(11,12)13/h4-5,14H,3,6H2,1-2H3. The van der Waals surface area contributed by atoms with Crippen molar-refractivity contribution >= 4 is 5.69 Å². The monoisotopic (exact) mass is 234 g/mol. The van der Waals surface area contributed by atoms with Crippen molar-refractivity contribution in [1.29, 1.82) is 0 Å². The van der Waals surface area contributed by atoms with E-state index in [0.29, 0.717) is 12.0 Å². The normalized spacial score (nSPS) is 11.3. The first kappa shape index (κ1) is 12.6. The number of hydrogen-bond donors (Lipinski definition) is 1. The summed E-state index contributed by atoms with van der Waals surface area (Å²) in [7, 11) is 1.71. The SMILES string of the molecule is CCc1cc(NC)cnc1OCC(F)(F)F. The largest absolute Gasteiger partial charge is 0.468 e. The summed E-state index contributed by atoms with van der Waals surface area (Å²) in [6.07, 6.45) is -2.34. The molecule has 90 valence electrons. The molecule has 0 spiro atoms. The predicted molar refractivity (Wildman–Crippen MR) is 54.7 cm³/mol. The van der Waals surface area contributed by atoms with Gasteiger partial charge in [-0.25, -0.2) is 4.98 Å². The second kappa shape index (κ2) is 5.05. The van der Waals surface area contributed by atoms with Crippen LogP contribution in [0.2, 0.25) is 0 Å². The summed E-state index contributed by atoms with van der Waals surface area (Å²) in [6, 6.07) is 1.72. The lowest BCUT2D eigenvalue weighted by molar-refractivity contribution is -0.154.